The van der Waals surface area contributed by atoms with Crippen LogP contribution in [0, 0.1) is 17.6 Å². The number of hydrogen-bond acceptors (Lipinski definition) is 2. The van der Waals surface area contributed by atoms with Crippen molar-refractivity contribution in [2.24, 2.45) is 0 Å². The first kappa shape index (κ1) is 5.84. The second-order valence-electron chi connectivity index (χ2n) is 1.02. The highest BCUT2D eigenvalue weighted by molar-refractivity contribution is 8.04. The van der Waals surface area contributed by atoms with Gasteiger partial charge in [0.1, 0.15) is 5.40 Å². The van der Waals surface area contributed by atoms with Gasteiger partial charge in [0, 0.05) is 5.25 Å². The van der Waals surface area contributed by atoms with Gasteiger partial charge < -0.3 is 0 Å². The van der Waals surface area contributed by atoms with E-state index < -0.39 is 0 Å². The van der Waals surface area contributed by atoms with Gasteiger partial charge in [0.2, 0.25) is 0 Å². The molecule has 2 heteroatoms. The van der Waals surface area contributed by atoms with Gasteiger partial charge in [-0.15, -0.1) is 0 Å². The highest BCUT2D eigenvalue weighted by Gasteiger charge is 1.86. The Morgan fingerprint density at radius 1 is 2.00 bits per heavy atom. The molecule has 1 unspecified atom stereocenters. The molecule has 0 saturated heterocycles. The van der Waals surface area contributed by atoms with Crippen LogP contribution >= 0.6 is 11.8 Å². The SMILES string of the molecule is [CH2]C(C)SC#N. The average molecular weight is 100 g/mol. The Hall–Kier alpha value is -0.160. The zero-order valence-electron chi connectivity index (χ0n) is 3.64. The van der Waals surface area contributed by atoms with Crippen LogP contribution in [0.4, 0.5) is 0 Å². The maximum absolute atomic E-state index is 7.91. The molecule has 0 bridgehead atoms. The van der Waals surface area contributed by atoms with Crippen LogP contribution in [-0.2, 0) is 0 Å². The standard InChI is InChI=1S/C4H6NS/c1-4(2)6-3-5/h4H,1H2,2H3. The summed E-state index contributed by atoms with van der Waals surface area (Å²) < 4.78 is 0. The molecule has 0 aliphatic rings. The Kier molecular flexibility index (Phi) is 2.97. The normalized spacial score (nSPS) is 8.33. The van der Waals surface area contributed by atoms with E-state index in [9.17, 15) is 0 Å². The molecule has 6 heavy (non-hydrogen) atoms. The van der Waals surface area contributed by atoms with Crippen LogP contribution in [0.25, 0.3) is 0 Å². The summed E-state index contributed by atoms with van der Waals surface area (Å²) in [4.78, 5) is 0. The molecule has 33 valence electrons. The van der Waals surface area contributed by atoms with Gasteiger partial charge in [0.05, 0.1) is 0 Å². The maximum atomic E-state index is 7.91. The number of nitriles is 1. The maximum Gasteiger partial charge on any atom is 0.133 e. The Bertz CT molecular complexity index is 62.4. The number of hydrogen-bond donors (Lipinski definition) is 0. The summed E-state index contributed by atoms with van der Waals surface area (Å²) >= 11 is 1.18. The lowest BCUT2D eigenvalue weighted by atomic mass is 10.6. The summed E-state index contributed by atoms with van der Waals surface area (Å²) in [7, 11) is 0. The summed E-state index contributed by atoms with van der Waals surface area (Å²) in [5, 5.41) is 10.0. The van der Waals surface area contributed by atoms with E-state index in [1.165, 1.54) is 11.8 Å². The topological polar surface area (TPSA) is 23.8 Å². The molecule has 0 aromatic rings. The van der Waals surface area contributed by atoms with Gasteiger partial charge in [-0.3, -0.25) is 0 Å². The van der Waals surface area contributed by atoms with Gasteiger partial charge >= 0.3 is 0 Å². The fraction of sp³-hybridized carbons (Fsp3) is 0.500. The lowest BCUT2D eigenvalue weighted by Crippen LogP contribution is -1.80. The van der Waals surface area contributed by atoms with Gasteiger partial charge in [-0.25, -0.2) is 0 Å². The van der Waals surface area contributed by atoms with Crippen molar-refractivity contribution in [1.82, 2.24) is 0 Å². The van der Waals surface area contributed by atoms with Crippen molar-refractivity contribution in [3.8, 4) is 5.40 Å². The van der Waals surface area contributed by atoms with Crippen LogP contribution in [0.15, 0.2) is 0 Å². The van der Waals surface area contributed by atoms with Gasteiger partial charge in [-0.05, 0) is 18.7 Å². The molecule has 0 rings (SSSR count). The number of rotatable bonds is 1. The lowest BCUT2D eigenvalue weighted by Gasteiger charge is -1.87. The summed E-state index contributed by atoms with van der Waals surface area (Å²) in [6.07, 6.45) is 0. The van der Waals surface area contributed by atoms with Gasteiger partial charge in [0.15, 0.2) is 0 Å². The molecule has 0 spiro atoms. The Labute approximate surface area is 42.3 Å². The summed E-state index contributed by atoms with van der Waals surface area (Å²) in [5.41, 5.74) is 0. The fourth-order valence-electron chi connectivity index (χ4n) is 0.0900. The molecule has 0 fully saturated rings. The predicted molar refractivity (Wildman–Crippen MR) is 28.0 cm³/mol. The van der Waals surface area contributed by atoms with Crippen molar-refractivity contribution >= 4 is 11.8 Å². The molecule has 1 atom stereocenters. The highest BCUT2D eigenvalue weighted by atomic mass is 32.2. The van der Waals surface area contributed by atoms with Gasteiger partial charge in [0.25, 0.3) is 0 Å². The third-order valence-electron chi connectivity index (χ3n) is 0.254. The number of nitrogens with zero attached hydrogens (tertiary/aromatic N) is 1. The molecule has 0 saturated carbocycles. The predicted octanol–water partition coefficient (Wildman–Crippen LogP) is 1.42. The molecule has 0 heterocycles. The minimum absolute atomic E-state index is 0.204. The van der Waals surface area contributed by atoms with E-state index >= 15 is 0 Å². The van der Waals surface area contributed by atoms with E-state index in [1.54, 1.807) is 0 Å². The minimum atomic E-state index is 0.204. The van der Waals surface area contributed by atoms with E-state index in [0.29, 0.717) is 0 Å². The summed E-state index contributed by atoms with van der Waals surface area (Å²) in [6.45, 7) is 5.45. The lowest BCUT2D eigenvalue weighted by molar-refractivity contribution is 1.26. The quantitative estimate of drug-likeness (QED) is 0.465. The number of thiocyanates is 1. The van der Waals surface area contributed by atoms with Crippen LogP contribution in [0.5, 0.6) is 0 Å². The van der Waals surface area contributed by atoms with Gasteiger partial charge in [-0.2, -0.15) is 5.26 Å². The Morgan fingerprint density at radius 3 is 2.50 bits per heavy atom. The fourth-order valence-corrected chi connectivity index (χ4v) is 0.270. The van der Waals surface area contributed by atoms with Crippen molar-refractivity contribution in [2.45, 2.75) is 12.2 Å². The largest absolute Gasteiger partial charge is 0.185 e. The first-order valence-electron chi connectivity index (χ1n) is 1.65. The minimum Gasteiger partial charge on any atom is -0.185 e. The van der Waals surface area contributed by atoms with Crippen LogP contribution in [0.3, 0.4) is 0 Å². The monoisotopic (exact) mass is 100 g/mol. The molecule has 0 N–H and O–H groups in total. The van der Waals surface area contributed by atoms with E-state index in [0.717, 1.165) is 0 Å². The third-order valence-corrected chi connectivity index (χ3v) is 0.762. The molecule has 0 aromatic heterocycles. The Morgan fingerprint density at radius 2 is 2.50 bits per heavy atom. The van der Waals surface area contributed by atoms with Crippen molar-refractivity contribution in [3.63, 3.8) is 0 Å². The molecular weight excluding hydrogens is 94.1 g/mol. The first-order chi connectivity index (χ1) is 2.77. The molecular formula is C4H6NS. The summed E-state index contributed by atoms with van der Waals surface area (Å²) in [6, 6.07) is 0. The van der Waals surface area contributed by atoms with Crippen molar-refractivity contribution in [1.29, 1.82) is 5.26 Å². The zero-order valence-corrected chi connectivity index (χ0v) is 4.46. The highest BCUT2D eigenvalue weighted by Crippen LogP contribution is 2.03. The third kappa shape index (κ3) is 3.84. The molecule has 0 aliphatic heterocycles. The van der Waals surface area contributed by atoms with E-state index in [1.807, 2.05) is 12.3 Å². The van der Waals surface area contributed by atoms with Crippen molar-refractivity contribution in [3.05, 3.63) is 6.92 Å². The number of thioether (sulfide) groups is 1. The molecule has 1 radical (unpaired) electrons. The van der Waals surface area contributed by atoms with E-state index in [-0.39, 0.29) is 5.25 Å². The summed E-state index contributed by atoms with van der Waals surface area (Å²) in [5.74, 6) is 0. The smallest absolute Gasteiger partial charge is 0.133 e. The van der Waals surface area contributed by atoms with Crippen LogP contribution < -0.4 is 0 Å². The van der Waals surface area contributed by atoms with Crippen molar-refractivity contribution in [2.75, 3.05) is 0 Å². The van der Waals surface area contributed by atoms with E-state index in [4.69, 9.17) is 5.26 Å². The molecule has 0 aromatic carbocycles. The first-order valence-corrected chi connectivity index (χ1v) is 2.53. The second-order valence-corrected chi connectivity index (χ2v) is 2.24. The molecule has 0 aliphatic carbocycles. The second kappa shape index (κ2) is 3.05. The Balaban J connectivity index is 2.88. The molecule has 1 nitrogen and oxygen atoms in total. The van der Waals surface area contributed by atoms with Crippen LogP contribution in [-0.4, -0.2) is 5.25 Å². The zero-order chi connectivity index (χ0) is 4.99. The average Bonchev–Trinajstić information content (AvgIpc) is 1.35. The molecule has 0 amide bonds. The van der Waals surface area contributed by atoms with Crippen LogP contribution in [0.1, 0.15) is 6.92 Å². The van der Waals surface area contributed by atoms with E-state index in [2.05, 4.69) is 6.92 Å². The van der Waals surface area contributed by atoms with Gasteiger partial charge in [-0.1, -0.05) is 6.92 Å². The van der Waals surface area contributed by atoms with Crippen molar-refractivity contribution < 1.29 is 0 Å². The van der Waals surface area contributed by atoms with Crippen LogP contribution in [0.2, 0.25) is 0 Å².